The van der Waals surface area contributed by atoms with E-state index in [0.717, 1.165) is 60.8 Å². The van der Waals surface area contributed by atoms with Crippen molar-refractivity contribution in [1.29, 1.82) is 5.26 Å². The van der Waals surface area contributed by atoms with Crippen LogP contribution in [0.15, 0.2) is 83.8 Å². The Morgan fingerprint density at radius 2 is 1.53 bits per heavy atom. The molecule has 1 unspecified atom stereocenters. The zero-order chi connectivity index (χ0) is 42.1. The number of aliphatic hydroxyl groups is 1. The van der Waals surface area contributed by atoms with E-state index in [9.17, 15) is 32.9 Å². The van der Waals surface area contributed by atoms with Gasteiger partial charge in [0.15, 0.2) is 15.4 Å². The Hall–Kier alpha value is -5.04. The fourth-order valence-corrected chi connectivity index (χ4v) is 8.27. The van der Waals surface area contributed by atoms with Gasteiger partial charge in [-0.25, -0.2) is 13.2 Å². The number of carbonyl (C=O) groups excluding carboxylic acids is 1. The van der Waals surface area contributed by atoms with Gasteiger partial charge >= 0.3 is 17.9 Å². The largest absolute Gasteiger partial charge is 0.481 e. The summed E-state index contributed by atoms with van der Waals surface area (Å²) >= 11 is 12.7. The quantitative estimate of drug-likeness (QED) is 0.110. The first-order chi connectivity index (χ1) is 26.8. The Balaban J connectivity index is 0.000000476. The maximum Gasteiger partial charge on any atom is 0.336 e. The number of likely N-dealkylation sites (tertiary alicyclic amines) is 1. The molecular formula is C41H43Cl2N3O10S. The summed E-state index contributed by atoms with van der Waals surface area (Å²) < 4.78 is 24.7. The van der Waals surface area contributed by atoms with Crippen LogP contribution in [0.4, 0.5) is 0 Å². The van der Waals surface area contributed by atoms with Gasteiger partial charge in [-0.15, -0.1) is 0 Å². The molecule has 13 nitrogen and oxygen atoms in total. The number of halogens is 2. The van der Waals surface area contributed by atoms with Crippen LogP contribution in [0, 0.1) is 11.3 Å². The minimum Gasteiger partial charge on any atom is -0.481 e. The highest BCUT2D eigenvalue weighted by molar-refractivity contribution is 7.90. The average molecular weight is 841 g/mol. The van der Waals surface area contributed by atoms with Crippen LogP contribution < -0.4 is 0 Å². The van der Waals surface area contributed by atoms with Crippen molar-refractivity contribution >= 4 is 67.6 Å². The smallest absolute Gasteiger partial charge is 0.336 e. The van der Waals surface area contributed by atoms with Crippen LogP contribution >= 0.6 is 23.2 Å². The molecule has 1 heterocycles. The summed E-state index contributed by atoms with van der Waals surface area (Å²) in [6.45, 7) is 3.00. The van der Waals surface area contributed by atoms with Crippen molar-refractivity contribution in [2.24, 2.45) is 0 Å². The van der Waals surface area contributed by atoms with Gasteiger partial charge in [0, 0.05) is 31.3 Å². The molecule has 0 radical (unpaired) electrons. The van der Waals surface area contributed by atoms with Crippen LogP contribution in [0.25, 0.3) is 10.8 Å². The number of hydrogen-bond acceptors (Lipinski definition) is 9. The summed E-state index contributed by atoms with van der Waals surface area (Å²) in [5.41, 5.74) is 0.135. The number of benzene rings is 4. The minimum absolute atomic E-state index is 0.00665. The van der Waals surface area contributed by atoms with E-state index in [4.69, 9.17) is 43.6 Å². The molecule has 16 heteroatoms. The van der Waals surface area contributed by atoms with Crippen LogP contribution in [0.2, 0.25) is 10.0 Å². The van der Waals surface area contributed by atoms with Crippen LogP contribution in [-0.4, -0.2) is 108 Å². The second kappa shape index (κ2) is 19.4. The monoisotopic (exact) mass is 839 g/mol. The van der Waals surface area contributed by atoms with Gasteiger partial charge in [0.05, 0.1) is 39.4 Å². The third-order valence-corrected chi connectivity index (χ3v) is 11.8. The molecule has 1 amide bonds. The molecule has 4 aromatic carbocycles. The Bertz CT molecular complexity index is 2270. The lowest BCUT2D eigenvalue weighted by atomic mass is 9.88. The molecule has 1 saturated heterocycles. The number of carboxylic acids is 3. The molecule has 4 N–H and O–H groups in total. The maximum absolute atomic E-state index is 13.8. The fourth-order valence-electron chi connectivity index (χ4n) is 6.98. The van der Waals surface area contributed by atoms with E-state index in [-0.39, 0.29) is 17.7 Å². The minimum atomic E-state index is -3.29. The molecule has 5 rings (SSSR count). The van der Waals surface area contributed by atoms with Crippen molar-refractivity contribution in [3.05, 3.63) is 111 Å². The first-order valence-electron chi connectivity index (χ1n) is 17.9. The molecule has 0 spiro atoms. The van der Waals surface area contributed by atoms with Gasteiger partial charge in [0.25, 0.3) is 5.91 Å². The van der Waals surface area contributed by atoms with Gasteiger partial charge < -0.3 is 30.2 Å². The summed E-state index contributed by atoms with van der Waals surface area (Å²) in [6.07, 6.45) is 1.53. The van der Waals surface area contributed by atoms with Gasteiger partial charge in [0.2, 0.25) is 0 Å². The molecule has 1 atom stereocenters. The van der Waals surface area contributed by atoms with E-state index >= 15 is 0 Å². The number of hydrogen-bond donors (Lipinski definition) is 4. The molecule has 0 saturated carbocycles. The van der Waals surface area contributed by atoms with E-state index in [1.807, 2.05) is 48.5 Å². The maximum atomic E-state index is 13.8. The van der Waals surface area contributed by atoms with Crippen LogP contribution in [0.1, 0.15) is 71.0 Å². The SMILES string of the molecule is CN(CC(CCN1CCC(c2ccccc2S(C)(=O)=O)CC1)c1ccc(Cl)c(Cl)c1)C(=O)c1cc(C#N)cc2ccccc12.O=C(O)CC(O)(CC(=O)O)C(=O)O. The first kappa shape index (κ1) is 44.7. The second-order valence-electron chi connectivity index (χ2n) is 14.1. The molecule has 1 aliphatic rings. The normalized spacial score (nSPS) is 14.2. The molecular weight excluding hydrogens is 797 g/mol. The number of carboxylic acid groups (broad SMARTS) is 3. The lowest BCUT2D eigenvalue weighted by Crippen LogP contribution is -2.42. The lowest BCUT2D eigenvalue weighted by Gasteiger charge is -2.34. The Labute approximate surface area is 340 Å². The number of fused-ring (bicyclic) bond motifs is 1. The number of nitrogens with zero attached hydrogens (tertiary/aromatic N) is 3. The van der Waals surface area contributed by atoms with E-state index in [1.165, 1.54) is 6.26 Å². The molecule has 302 valence electrons. The van der Waals surface area contributed by atoms with Crippen molar-refractivity contribution in [2.75, 3.05) is 39.5 Å². The molecule has 57 heavy (non-hydrogen) atoms. The van der Waals surface area contributed by atoms with E-state index in [1.54, 1.807) is 42.3 Å². The predicted molar refractivity (Wildman–Crippen MR) is 215 cm³/mol. The number of amides is 1. The van der Waals surface area contributed by atoms with E-state index in [2.05, 4.69) is 11.0 Å². The zero-order valence-corrected chi connectivity index (χ0v) is 33.6. The lowest BCUT2D eigenvalue weighted by molar-refractivity contribution is -0.170. The third kappa shape index (κ3) is 12.0. The van der Waals surface area contributed by atoms with Crippen LogP contribution in [0.5, 0.6) is 0 Å². The van der Waals surface area contributed by atoms with Gasteiger partial charge in [-0.1, -0.05) is 71.7 Å². The first-order valence-corrected chi connectivity index (χ1v) is 20.5. The van der Waals surface area contributed by atoms with Crippen LogP contribution in [-0.2, 0) is 24.2 Å². The number of aliphatic carboxylic acids is 3. The molecule has 4 aromatic rings. The topological polar surface area (TPSA) is 214 Å². The zero-order valence-electron chi connectivity index (χ0n) is 31.3. The van der Waals surface area contributed by atoms with Gasteiger partial charge in [-0.05, 0) is 97.0 Å². The van der Waals surface area contributed by atoms with Crippen molar-refractivity contribution in [3.63, 3.8) is 0 Å². The summed E-state index contributed by atoms with van der Waals surface area (Å²) in [4.78, 5) is 48.9. The highest BCUT2D eigenvalue weighted by atomic mass is 35.5. The van der Waals surface area contributed by atoms with E-state index < -0.39 is 46.2 Å². The second-order valence-corrected chi connectivity index (χ2v) is 16.9. The number of piperidine rings is 1. The number of rotatable bonds is 14. The predicted octanol–water partition coefficient (Wildman–Crippen LogP) is 6.30. The third-order valence-electron chi connectivity index (χ3n) is 9.90. The number of nitriles is 1. The van der Waals surface area contributed by atoms with Gasteiger partial charge in [-0.3, -0.25) is 14.4 Å². The van der Waals surface area contributed by atoms with Gasteiger partial charge in [-0.2, -0.15) is 5.26 Å². The van der Waals surface area contributed by atoms with Crippen molar-refractivity contribution in [2.45, 2.75) is 54.4 Å². The molecule has 0 bridgehead atoms. The molecule has 1 fully saturated rings. The summed E-state index contributed by atoms with van der Waals surface area (Å²) in [7, 11) is -1.49. The average Bonchev–Trinajstić information content (AvgIpc) is 3.16. The number of carbonyl (C=O) groups is 4. The fraction of sp³-hybridized carbons (Fsp3) is 0.341. The summed E-state index contributed by atoms with van der Waals surface area (Å²) in [5, 5.41) is 46.0. The van der Waals surface area contributed by atoms with Crippen molar-refractivity contribution < 1.29 is 48.0 Å². The number of likely N-dealkylation sites (N-methyl/N-ethyl adjacent to an activating group) is 1. The van der Waals surface area contributed by atoms with Gasteiger partial charge in [0.1, 0.15) is 0 Å². The highest BCUT2D eigenvalue weighted by Gasteiger charge is 2.40. The Kier molecular flexibility index (Phi) is 15.2. The van der Waals surface area contributed by atoms with E-state index in [0.29, 0.717) is 32.6 Å². The Morgan fingerprint density at radius 1 is 0.912 bits per heavy atom. The highest BCUT2D eigenvalue weighted by Crippen LogP contribution is 2.34. The number of sulfone groups is 1. The molecule has 1 aliphatic heterocycles. The Morgan fingerprint density at radius 3 is 2.11 bits per heavy atom. The van der Waals surface area contributed by atoms with Crippen molar-refractivity contribution in [3.8, 4) is 6.07 Å². The summed E-state index contributed by atoms with van der Waals surface area (Å²) in [5.74, 6) is -4.97. The summed E-state index contributed by atoms with van der Waals surface area (Å²) in [6, 6.07) is 26.2. The molecule has 0 aromatic heterocycles. The molecule has 0 aliphatic carbocycles. The van der Waals surface area contributed by atoms with Crippen molar-refractivity contribution in [1.82, 2.24) is 9.80 Å². The standard InChI is InChI=1S/C35H35Cl2N3O3S.C6H8O7/c1-39(35(41)31-20-24(22-38)19-27-7-3-4-8-29(27)31)23-28(26-11-12-32(36)33(37)21-26)15-18-40-16-13-25(14-17-40)30-9-5-6-10-34(30)44(2,42)43;7-3(8)1-6(13,5(11)12)2-4(9)10/h3-12,19-21,25,28H,13-18,23H2,1-2H3;13H,1-2H2,(H,7,8)(H,9,10)(H,11,12). The van der Waals surface area contributed by atoms with Crippen LogP contribution in [0.3, 0.4) is 0 Å².